The number of nitrogens with one attached hydrogen (secondary N) is 2. The van der Waals surface area contributed by atoms with Gasteiger partial charge in [0.15, 0.2) is 11.2 Å². The van der Waals surface area contributed by atoms with E-state index in [0.29, 0.717) is 22.4 Å². The molecule has 0 radical (unpaired) electrons. The molecule has 4 heterocycles. The summed E-state index contributed by atoms with van der Waals surface area (Å²) in [6.07, 6.45) is 1.43. The molecular formula is C22H19ClN8O3. The van der Waals surface area contributed by atoms with E-state index < -0.39 is 17.2 Å². The van der Waals surface area contributed by atoms with Gasteiger partial charge in [0.2, 0.25) is 5.95 Å². The van der Waals surface area contributed by atoms with Crippen LogP contribution in [0.15, 0.2) is 52.2 Å². The number of hydrogen-bond acceptors (Lipinski definition) is 6. The van der Waals surface area contributed by atoms with Crippen LogP contribution >= 0.6 is 11.6 Å². The number of hydrogen-bond donors (Lipinski definition) is 3. The lowest BCUT2D eigenvalue weighted by molar-refractivity contribution is 0.0995. The second kappa shape index (κ2) is 7.89. The van der Waals surface area contributed by atoms with Crippen LogP contribution in [0.3, 0.4) is 0 Å². The zero-order valence-corrected chi connectivity index (χ0v) is 18.9. The van der Waals surface area contributed by atoms with Crippen LogP contribution in [-0.2, 0) is 20.6 Å². The largest absolute Gasteiger partial charge is 0.364 e. The molecule has 0 unspecified atom stereocenters. The number of aryl methyl sites for hydroxylation is 2. The Morgan fingerprint density at radius 1 is 1.18 bits per heavy atom. The summed E-state index contributed by atoms with van der Waals surface area (Å²) in [5.74, 6) is -0.312. The van der Waals surface area contributed by atoms with Crippen LogP contribution in [0.1, 0.15) is 16.2 Å². The highest BCUT2D eigenvalue weighted by molar-refractivity contribution is 6.35. The average molecular weight is 479 g/mol. The fourth-order valence-corrected chi connectivity index (χ4v) is 4.10. The van der Waals surface area contributed by atoms with Crippen molar-refractivity contribution < 1.29 is 4.79 Å². The summed E-state index contributed by atoms with van der Waals surface area (Å²) in [6, 6.07) is 10.4. The van der Waals surface area contributed by atoms with Gasteiger partial charge in [0, 0.05) is 35.7 Å². The first-order valence-corrected chi connectivity index (χ1v) is 10.6. The zero-order chi connectivity index (χ0) is 24.1. The zero-order valence-electron chi connectivity index (χ0n) is 18.2. The molecular weight excluding hydrogens is 460 g/mol. The maximum atomic E-state index is 13.4. The Bertz CT molecular complexity index is 1710. The van der Waals surface area contributed by atoms with E-state index in [9.17, 15) is 14.4 Å². The summed E-state index contributed by atoms with van der Waals surface area (Å²) in [7, 11) is 3.23. The standard InChI is InChI=1S/C22H19ClN8O3/c1-29-17-19(28-21(29)27-11-6-7-16(18(24)32)25-9-11)30(2)22(34)31(20(17)33)10-12-8-13-14(23)4-3-5-15(13)26-12/h3-9,26H,10H2,1-2H3,(H2,24,32)(H,27,28). The molecule has 4 N–H and O–H groups in total. The van der Waals surface area contributed by atoms with Crippen molar-refractivity contribution in [3.63, 3.8) is 0 Å². The van der Waals surface area contributed by atoms with Gasteiger partial charge in [-0.25, -0.2) is 9.78 Å². The van der Waals surface area contributed by atoms with Gasteiger partial charge in [-0.15, -0.1) is 0 Å². The molecule has 172 valence electrons. The van der Waals surface area contributed by atoms with Gasteiger partial charge in [0.1, 0.15) is 5.69 Å². The van der Waals surface area contributed by atoms with Gasteiger partial charge in [0.05, 0.1) is 18.4 Å². The van der Waals surface area contributed by atoms with E-state index in [4.69, 9.17) is 17.3 Å². The van der Waals surface area contributed by atoms with E-state index in [-0.39, 0.29) is 23.4 Å². The number of carbonyl (C=O) groups is 1. The van der Waals surface area contributed by atoms with E-state index in [0.717, 1.165) is 15.5 Å². The number of fused-ring (bicyclic) bond motifs is 2. The lowest BCUT2D eigenvalue weighted by Gasteiger charge is -2.08. The molecule has 0 aliphatic rings. The van der Waals surface area contributed by atoms with Gasteiger partial charge in [-0.3, -0.25) is 18.7 Å². The Kier molecular flexibility index (Phi) is 4.98. The molecule has 4 aromatic heterocycles. The number of nitrogens with zero attached hydrogens (tertiary/aromatic N) is 5. The lowest BCUT2D eigenvalue weighted by Crippen LogP contribution is -2.39. The topological polar surface area (TPSA) is 146 Å². The summed E-state index contributed by atoms with van der Waals surface area (Å²) in [4.78, 5) is 49.2. The first-order chi connectivity index (χ1) is 16.2. The number of anilines is 2. The van der Waals surface area contributed by atoms with E-state index in [1.807, 2.05) is 18.2 Å². The number of pyridine rings is 1. The number of amides is 1. The second-order valence-electron chi connectivity index (χ2n) is 7.82. The molecule has 0 aliphatic carbocycles. The van der Waals surface area contributed by atoms with Crippen molar-refractivity contribution >= 4 is 51.2 Å². The van der Waals surface area contributed by atoms with Crippen molar-refractivity contribution in [2.24, 2.45) is 19.8 Å². The van der Waals surface area contributed by atoms with E-state index >= 15 is 0 Å². The Morgan fingerprint density at radius 3 is 2.65 bits per heavy atom. The van der Waals surface area contributed by atoms with Crippen LogP contribution in [0.5, 0.6) is 0 Å². The molecule has 0 spiro atoms. The third-order valence-corrected chi connectivity index (χ3v) is 5.96. The molecule has 5 aromatic rings. The van der Waals surface area contributed by atoms with E-state index in [1.165, 1.54) is 16.8 Å². The number of primary amides is 1. The summed E-state index contributed by atoms with van der Waals surface area (Å²) < 4.78 is 4.04. The first kappa shape index (κ1) is 21.5. The highest BCUT2D eigenvalue weighted by atomic mass is 35.5. The lowest BCUT2D eigenvalue weighted by atomic mass is 10.2. The fourth-order valence-electron chi connectivity index (χ4n) is 3.87. The highest BCUT2D eigenvalue weighted by Crippen LogP contribution is 2.24. The van der Waals surface area contributed by atoms with Crippen LogP contribution < -0.4 is 22.3 Å². The summed E-state index contributed by atoms with van der Waals surface area (Å²) in [5, 5.41) is 4.44. The monoisotopic (exact) mass is 478 g/mol. The number of H-pyrrole nitrogens is 1. The first-order valence-electron chi connectivity index (χ1n) is 10.2. The smallest absolute Gasteiger partial charge is 0.332 e. The van der Waals surface area contributed by atoms with Crippen molar-refractivity contribution in [2.75, 3.05) is 5.32 Å². The molecule has 1 aromatic carbocycles. The number of imidazole rings is 1. The van der Waals surface area contributed by atoms with E-state index in [1.54, 1.807) is 30.8 Å². The second-order valence-corrected chi connectivity index (χ2v) is 8.22. The number of nitrogens with two attached hydrogens (primary N) is 1. The molecule has 1 amide bonds. The molecule has 0 fully saturated rings. The number of aromatic nitrogens is 6. The minimum atomic E-state index is -0.637. The van der Waals surface area contributed by atoms with Crippen LogP contribution in [0.4, 0.5) is 11.6 Å². The molecule has 0 saturated heterocycles. The van der Waals surface area contributed by atoms with Crippen molar-refractivity contribution in [3.8, 4) is 0 Å². The normalized spacial score (nSPS) is 11.4. The van der Waals surface area contributed by atoms with Gasteiger partial charge in [0.25, 0.3) is 11.5 Å². The average Bonchev–Trinajstić information content (AvgIpc) is 3.37. The predicted octanol–water partition coefficient (Wildman–Crippen LogP) is 1.85. The Morgan fingerprint density at radius 2 is 1.97 bits per heavy atom. The minimum Gasteiger partial charge on any atom is -0.364 e. The maximum Gasteiger partial charge on any atom is 0.332 e. The van der Waals surface area contributed by atoms with Gasteiger partial charge in [-0.2, -0.15) is 4.98 Å². The number of halogens is 1. The molecule has 5 rings (SSSR count). The van der Waals surface area contributed by atoms with Crippen molar-refractivity contribution in [2.45, 2.75) is 6.54 Å². The fraction of sp³-hybridized carbons (Fsp3) is 0.136. The van der Waals surface area contributed by atoms with Crippen LogP contribution in [0.25, 0.3) is 22.1 Å². The predicted molar refractivity (Wildman–Crippen MR) is 129 cm³/mol. The number of carbonyl (C=O) groups excluding carboxylic acids is 1. The third-order valence-electron chi connectivity index (χ3n) is 5.63. The molecule has 0 bridgehead atoms. The highest BCUT2D eigenvalue weighted by Gasteiger charge is 2.19. The van der Waals surface area contributed by atoms with E-state index in [2.05, 4.69) is 20.3 Å². The third kappa shape index (κ3) is 3.42. The Labute approximate surface area is 196 Å². The number of aromatic amines is 1. The summed E-state index contributed by atoms with van der Waals surface area (Å²) >= 11 is 6.25. The SMILES string of the molecule is Cn1c(Nc2ccc(C(N)=O)nc2)nc2c1c(=O)n(Cc1cc3c(Cl)cccc3[nH]1)c(=O)n2C. The number of benzene rings is 1. The Balaban J connectivity index is 1.57. The molecule has 34 heavy (non-hydrogen) atoms. The van der Waals surface area contributed by atoms with Crippen molar-refractivity contribution in [3.05, 3.63) is 79.8 Å². The summed E-state index contributed by atoms with van der Waals surface area (Å²) in [6.45, 7) is 0.0406. The van der Waals surface area contributed by atoms with Crippen LogP contribution in [-0.4, -0.2) is 34.6 Å². The Hall–Kier alpha value is -4.38. The molecule has 0 atom stereocenters. The van der Waals surface area contributed by atoms with Gasteiger partial charge >= 0.3 is 5.69 Å². The van der Waals surface area contributed by atoms with Crippen LogP contribution in [0.2, 0.25) is 5.02 Å². The van der Waals surface area contributed by atoms with Gasteiger partial charge < -0.3 is 20.6 Å². The van der Waals surface area contributed by atoms with Crippen LogP contribution in [0, 0.1) is 0 Å². The van der Waals surface area contributed by atoms with Crippen molar-refractivity contribution in [1.29, 1.82) is 0 Å². The minimum absolute atomic E-state index is 0.0406. The molecule has 0 aliphatic heterocycles. The van der Waals surface area contributed by atoms with Crippen molar-refractivity contribution in [1.82, 2.24) is 28.7 Å². The van der Waals surface area contributed by atoms with Gasteiger partial charge in [-0.05, 0) is 30.3 Å². The quantitative estimate of drug-likeness (QED) is 0.351. The molecule has 11 nitrogen and oxygen atoms in total. The number of rotatable bonds is 5. The van der Waals surface area contributed by atoms with Gasteiger partial charge in [-0.1, -0.05) is 17.7 Å². The maximum absolute atomic E-state index is 13.4. The molecule has 0 saturated carbocycles. The summed E-state index contributed by atoms with van der Waals surface area (Å²) in [5.41, 5.74) is 6.87. The molecule has 12 heteroatoms.